The largest absolute Gasteiger partial charge is 0.491 e. The summed E-state index contributed by atoms with van der Waals surface area (Å²) in [5.41, 5.74) is 6.12. The number of hydrazone groups is 1. The highest BCUT2D eigenvalue weighted by atomic mass is 32.2. The SMILES string of the molecule is Cc1cc(CSC(=NN)c2cccc3c2CCCC3NC(=O)c2ccccn2)ccc1OC(C)C. The van der Waals surface area contributed by atoms with Crippen LogP contribution in [0.5, 0.6) is 5.75 Å². The lowest BCUT2D eigenvalue weighted by Gasteiger charge is -2.28. The van der Waals surface area contributed by atoms with E-state index in [0.29, 0.717) is 5.69 Å². The van der Waals surface area contributed by atoms with E-state index in [1.165, 1.54) is 11.1 Å². The molecular formula is C28H32N4O2S. The van der Waals surface area contributed by atoms with Gasteiger partial charge in [0.25, 0.3) is 5.91 Å². The Balaban J connectivity index is 1.50. The number of benzene rings is 2. The number of carbonyl (C=O) groups excluding carboxylic acids is 1. The van der Waals surface area contributed by atoms with Crippen molar-refractivity contribution in [3.8, 4) is 5.75 Å². The molecule has 1 atom stereocenters. The molecule has 7 heteroatoms. The highest BCUT2D eigenvalue weighted by molar-refractivity contribution is 8.13. The van der Waals surface area contributed by atoms with Gasteiger partial charge in [0.05, 0.1) is 12.1 Å². The lowest BCUT2D eigenvalue weighted by atomic mass is 9.85. The summed E-state index contributed by atoms with van der Waals surface area (Å²) in [6.07, 6.45) is 4.58. The Morgan fingerprint density at radius 3 is 2.80 bits per heavy atom. The van der Waals surface area contributed by atoms with E-state index in [0.717, 1.165) is 52.5 Å². The highest BCUT2D eigenvalue weighted by Crippen LogP contribution is 2.34. The van der Waals surface area contributed by atoms with E-state index in [9.17, 15) is 4.79 Å². The molecule has 0 saturated carbocycles. The number of hydrogen-bond acceptors (Lipinski definition) is 6. The third-order valence-corrected chi connectivity index (χ3v) is 7.11. The van der Waals surface area contributed by atoms with Gasteiger partial charge in [0.1, 0.15) is 16.5 Å². The Morgan fingerprint density at radius 1 is 1.23 bits per heavy atom. The molecule has 1 amide bonds. The van der Waals surface area contributed by atoms with Crippen LogP contribution in [0.3, 0.4) is 0 Å². The molecule has 0 saturated heterocycles. The van der Waals surface area contributed by atoms with Crippen LogP contribution in [0.2, 0.25) is 0 Å². The van der Waals surface area contributed by atoms with Gasteiger partial charge in [0.15, 0.2) is 0 Å². The number of hydrogen-bond donors (Lipinski definition) is 2. The Bertz CT molecular complexity index is 1210. The molecule has 1 aliphatic carbocycles. The molecule has 182 valence electrons. The van der Waals surface area contributed by atoms with Crippen LogP contribution >= 0.6 is 11.8 Å². The Kier molecular flexibility index (Phi) is 8.08. The zero-order chi connectivity index (χ0) is 24.8. The molecule has 0 fully saturated rings. The average Bonchev–Trinajstić information content (AvgIpc) is 2.86. The van der Waals surface area contributed by atoms with Gasteiger partial charge in [-0.2, -0.15) is 5.10 Å². The summed E-state index contributed by atoms with van der Waals surface area (Å²) in [4.78, 5) is 16.9. The third kappa shape index (κ3) is 6.03. The molecule has 0 radical (unpaired) electrons. The first-order chi connectivity index (χ1) is 17.0. The molecule has 1 aliphatic rings. The molecule has 1 aromatic heterocycles. The van der Waals surface area contributed by atoms with Crippen molar-refractivity contribution in [2.45, 2.75) is 57.9 Å². The van der Waals surface area contributed by atoms with Crippen LogP contribution in [0.25, 0.3) is 0 Å². The van der Waals surface area contributed by atoms with Crippen LogP contribution in [0.4, 0.5) is 0 Å². The minimum Gasteiger partial charge on any atom is -0.491 e. The van der Waals surface area contributed by atoms with E-state index >= 15 is 0 Å². The van der Waals surface area contributed by atoms with Gasteiger partial charge in [0, 0.05) is 17.5 Å². The number of nitrogens with one attached hydrogen (secondary N) is 1. The van der Waals surface area contributed by atoms with Crippen LogP contribution in [0, 0.1) is 6.92 Å². The molecule has 1 unspecified atom stereocenters. The van der Waals surface area contributed by atoms with Gasteiger partial charge in [-0.1, -0.05) is 48.2 Å². The van der Waals surface area contributed by atoms with Crippen molar-refractivity contribution in [2.24, 2.45) is 10.9 Å². The topological polar surface area (TPSA) is 89.6 Å². The van der Waals surface area contributed by atoms with Gasteiger partial charge < -0.3 is 15.9 Å². The van der Waals surface area contributed by atoms with E-state index in [2.05, 4.69) is 46.6 Å². The fraction of sp³-hybridized carbons (Fsp3) is 0.321. The van der Waals surface area contributed by atoms with E-state index in [4.69, 9.17) is 10.6 Å². The van der Waals surface area contributed by atoms with Crippen molar-refractivity contribution >= 4 is 22.7 Å². The predicted molar refractivity (Wildman–Crippen MR) is 143 cm³/mol. The Morgan fingerprint density at radius 2 is 2.09 bits per heavy atom. The van der Waals surface area contributed by atoms with Gasteiger partial charge in [-0.25, -0.2) is 0 Å². The summed E-state index contributed by atoms with van der Waals surface area (Å²) in [5, 5.41) is 8.12. The van der Waals surface area contributed by atoms with Crippen LogP contribution in [-0.2, 0) is 12.2 Å². The van der Waals surface area contributed by atoms with Crippen molar-refractivity contribution in [3.05, 3.63) is 94.3 Å². The van der Waals surface area contributed by atoms with E-state index < -0.39 is 0 Å². The molecule has 0 spiro atoms. The summed E-state index contributed by atoms with van der Waals surface area (Å²) in [7, 11) is 0. The number of nitrogens with two attached hydrogens (primary N) is 1. The number of carbonyl (C=O) groups is 1. The molecule has 1 heterocycles. The maximum atomic E-state index is 12.7. The van der Waals surface area contributed by atoms with Crippen molar-refractivity contribution < 1.29 is 9.53 Å². The van der Waals surface area contributed by atoms with E-state index in [1.807, 2.05) is 32.0 Å². The zero-order valence-electron chi connectivity index (χ0n) is 20.5. The molecule has 0 bridgehead atoms. The van der Waals surface area contributed by atoms with E-state index in [1.54, 1.807) is 30.1 Å². The van der Waals surface area contributed by atoms with Crippen molar-refractivity contribution in [1.82, 2.24) is 10.3 Å². The van der Waals surface area contributed by atoms with Crippen LogP contribution < -0.4 is 15.9 Å². The number of aryl methyl sites for hydroxylation is 1. The lowest BCUT2D eigenvalue weighted by molar-refractivity contribution is 0.0927. The second-order valence-electron chi connectivity index (χ2n) is 9.00. The Hall–Kier alpha value is -3.32. The molecule has 3 aromatic rings. The zero-order valence-corrected chi connectivity index (χ0v) is 21.3. The number of aromatic nitrogens is 1. The van der Waals surface area contributed by atoms with Crippen molar-refractivity contribution in [1.29, 1.82) is 0 Å². The number of pyridine rings is 1. The molecule has 6 nitrogen and oxygen atoms in total. The first-order valence-corrected chi connectivity index (χ1v) is 13.0. The smallest absolute Gasteiger partial charge is 0.270 e. The maximum absolute atomic E-state index is 12.7. The fourth-order valence-corrected chi connectivity index (χ4v) is 5.36. The van der Waals surface area contributed by atoms with Gasteiger partial charge in [0.2, 0.25) is 0 Å². The third-order valence-electron chi connectivity index (χ3n) is 6.04. The lowest BCUT2D eigenvalue weighted by Crippen LogP contribution is -2.32. The van der Waals surface area contributed by atoms with Crippen molar-refractivity contribution in [2.75, 3.05) is 0 Å². The number of ether oxygens (including phenoxy) is 1. The summed E-state index contributed by atoms with van der Waals surface area (Å²) in [5.74, 6) is 7.38. The monoisotopic (exact) mass is 488 g/mol. The number of amides is 1. The second kappa shape index (κ2) is 11.4. The molecular weight excluding hydrogens is 456 g/mol. The summed E-state index contributed by atoms with van der Waals surface area (Å²) in [6, 6.07) is 17.8. The minimum absolute atomic E-state index is 0.0617. The summed E-state index contributed by atoms with van der Waals surface area (Å²) in [6.45, 7) is 6.13. The summed E-state index contributed by atoms with van der Waals surface area (Å²) < 4.78 is 5.86. The number of fused-ring (bicyclic) bond motifs is 1. The molecule has 4 rings (SSSR count). The summed E-state index contributed by atoms with van der Waals surface area (Å²) >= 11 is 1.63. The van der Waals surface area contributed by atoms with E-state index in [-0.39, 0.29) is 18.1 Å². The number of thioether (sulfide) groups is 1. The first-order valence-electron chi connectivity index (χ1n) is 12.0. The first kappa shape index (κ1) is 24.8. The Labute approximate surface area is 211 Å². The molecule has 0 aliphatic heterocycles. The maximum Gasteiger partial charge on any atom is 0.270 e. The van der Waals surface area contributed by atoms with Crippen LogP contribution in [-0.4, -0.2) is 22.0 Å². The van der Waals surface area contributed by atoms with Crippen molar-refractivity contribution in [3.63, 3.8) is 0 Å². The minimum atomic E-state index is -0.156. The van der Waals surface area contributed by atoms with Gasteiger partial charge in [-0.15, -0.1) is 0 Å². The number of nitrogens with zero attached hydrogens (tertiary/aromatic N) is 2. The van der Waals surface area contributed by atoms with Crippen LogP contribution in [0.15, 0.2) is 65.9 Å². The normalized spacial score (nSPS) is 15.5. The standard InChI is InChI=1S/C28H32N4O2S/c1-18(2)34-26-14-13-20(16-19(26)3)17-35-28(32-29)23-10-6-9-22-21(23)8-7-12-24(22)31-27(33)25-11-4-5-15-30-25/h4-6,9-11,13-16,18,24H,7-8,12,17,29H2,1-3H3,(H,31,33). The van der Waals surface area contributed by atoms with Gasteiger partial charge >= 0.3 is 0 Å². The molecule has 35 heavy (non-hydrogen) atoms. The van der Waals surface area contributed by atoms with Crippen LogP contribution in [0.1, 0.15) is 71.0 Å². The predicted octanol–water partition coefficient (Wildman–Crippen LogP) is 5.54. The molecule has 2 aromatic carbocycles. The number of rotatable bonds is 7. The average molecular weight is 489 g/mol. The molecule has 3 N–H and O–H groups in total. The quantitative estimate of drug-likeness (QED) is 0.197. The fourth-order valence-electron chi connectivity index (χ4n) is 4.45. The van der Waals surface area contributed by atoms with Gasteiger partial charge in [-0.05, 0) is 80.5 Å². The second-order valence-corrected chi connectivity index (χ2v) is 9.96. The van der Waals surface area contributed by atoms with Gasteiger partial charge in [-0.3, -0.25) is 9.78 Å². The highest BCUT2D eigenvalue weighted by Gasteiger charge is 2.25.